The van der Waals surface area contributed by atoms with Crippen molar-refractivity contribution in [1.29, 1.82) is 0 Å². The maximum Gasteiger partial charge on any atom is 0.514 e. The number of ether oxygens (including phenoxy) is 3. The van der Waals surface area contributed by atoms with Crippen molar-refractivity contribution < 1.29 is 33.4 Å². The van der Waals surface area contributed by atoms with Crippen molar-refractivity contribution >= 4 is 39.9 Å². The number of benzene rings is 2. The van der Waals surface area contributed by atoms with E-state index < -0.39 is 12.2 Å². The molecule has 0 aromatic heterocycles. The van der Waals surface area contributed by atoms with Crippen molar-refractivity contribution in [2.24, 2.45) is 17.6 Å². The molecule has 2 aromatic rings. The van der Waals surface area contributed by atoms with Crippen LogP contribution in [0.4, 0.5) is 4.79 Å². The van der Waals surface area contributed by atoms with Crippen LogP contribution in [0.3, 0.4) is 0 Å². The zero-order valence-electron chi connectivity index (χ0n) is 28.9. The highest BCUT2D eigenvalue weighted by Gasteiger charge is 2.28. The number of amides is 2. The molecule has 11 heteroatoms. The predicted octanol–water partition coefficient (Wildman–Crippen LogP) is 7.15. The minimum atomic E-state index is -0.827. The molecule has 0 bridgehead atoms. The first-order valence-corrected chi connectivity index (χ1v) is 18.7. The second-order valence-electron chi connectivity index (χ2n) is 12.8. The maximum atomic E-state index is 13.4. The first-order valence-electron chi connectivity index (χ1n) is 17.9. The molecule has 0 heterocycles. The van der Waals surface area contributed by atoms with Crippen LogP contribution in [0.1, 0.15) is 102 Å². The van der Waals surface area contributed by atoms with Gasteiger partial charge in [0.2, 0.25) is 11.8 Å². The standard InChI is InChI=1S/C38H54BrN3O7/c1-2-3-4-5-11-24-47-37(45)30-19-15-29(16-20-30)26-41-36(44)34(42-35(43)14-7-6-10-23-40)25-28-17-21-32(22-18-28)49-38(46)48-27-31-12-8-9-13-33(31)39/h8-9,12-13,17-18,21-22,29-30,34H,2-7,10-11,14-16,19-20,23-27,40H2,1H3,(H,41,44)(H,42,43)/t29?,30?,34-/m0/s1. The molecule has 49 heavy (non-hydrogen) atoms. The Kier molecular flexibility index (Phi) is 18.8. The van der Waals surface area contributed by atoms with E-state index in [9.17, 15) is 19.2 Å². The van der Waals surface area contributed by atoms with E-state index in [4.69, 9.17) is 19.9 Å². The van der Waals surface area contributed by atoms with Crippen LogP contribution in [0.15, 0.2) is 53.0 Å². The summed E-state index contributed by atoms with van der Waals surface area (Å²) in [4.78, 5) is 51.0. The Morgan fingerprint density at radius 3 is 2.31 bits per heavy atom. The number of unbranched alkanes of at least 4 members (excludes halogenated alkanes) is 6. The third kappa shape index (κ3) is 15.8. The molecule has 3 rings (SSSR count). The van der Waals surface area contributed by atoms with Crippen LogP contribution in [0.2, 0.25) is 0 Å². The van der Waals surface area contributed by atoms with Crippen molar-refractivity contribution in [3.63, 3.8) is 0 Å². The summed E-state index contributed by atoms with van der Waals surface area (Å²) in [6, 6.07) is 13.5. The Labute approximate surface area is 299 Å². The molecule has 1 saturated carbocycles. The molecule has 0 spiro atoms. The average molecular weight is 745 g/mol. The van der Waals surface area contributed by atoms with Crippen molar-refractivity contribution in [3.8, 4) is 5.75 Å². The average Bonchev–Trinajstić information content (AvgIpc) is 3.11. The lowest BCUT2D eigenvalue weighted by Crippen LogP contribution is -2.49. The molecule has 0 unspecified atom stereocenters. The number of hydrogen-bond donors (Lipinski definition) is 3. The van der Waals surface area contributed by atoms with Crippen LogP contribution >= 0.6 is 15.9 Å². The molecule has 2 amide bonds. The van der Waals surface area contributed by atoms with Gasteiger partial charge in [0.15, 0.2) is 0 Å². The summed E-state index contributed by atoms with van der Waals surface area (Å²) in [5.41, 5.74) is 7.19. The van der Waals surface area contributed by atoms with Crippen LogP contribution in [0, 0.1) is 11.8 Å². The molecule has 1 atom stereocenters. The van der Waals surface area contributed by atoms with Gasteiger partial charge in [-0.05, 0) is 81.2 Å². The van der Waals surface area contributed by atoms with Crippen LogP contribution in [0.5, 0.6) is 5.75 Å². The summed E-state index contributed by atoms with van der Waals surface area (Å²) in [7, 11) is 0. The number of nitrogens with one attached hydrogen (secondary N) is 2. The number of carbonyl (C=O) groups excluding carboxylic acids is 4. The van der Waals surface area contributed by atoms with Crippen LogP contribution in [-0.4, -0.2) is 49.7 Å². The molecule has 0 aliphatic heterocycles. The maximum absolute atomic E-state index is 13.4. The van der Waals surface area contributed by atoms with Gasteiger partial charge in [0, 0.05) is 29.4 Å². The van der Waals surface area contributed by atoms with Gasteiger partial charge >= 0.3 is 12.1 Å². The van der Waals surface area contributed by atoms with Crippen molar-refractivity contribution in [3.05, 3.63) is 64.1 Å². The molecule has 1 fully saturated rings. The van der Waals surface area contributed by atoms with E-state index in [2.05, 4.69) is 33.5 Å². The molecular weight excluding hydrogens is 690 g/mol. The molecule has 4 N–H and O–H groups in total. The molecular formula is C38H54BrN3O7. The topological polar surface area (TPSA) is 146 Å². The predicted molar refractivity (Wildman–Crippen MR) is 193 cm³/mol. The van der Waals surface area contributed by atoms with E-state index in [1.807, 2.05) is 24.3 Å². The Hall–Kier alpha value is -3.44. The molecule has 1 aliphatic carbocycles. The summed E-state index contributed by atoms with van der Waals surface area (Å²) in [6.45, 7) is 3.80. The van der Waals surface area contributed by atoms with Gasteiger partial charge in [-0.15, -0.1) is 0 Å². The first kappa shape index (κ1) is 40.0. The molecule has 2 aromatic carbocycles. The summed E-state index contributed by atoms with van der Waals surface area (Å²) in [5, 5.41) is 5.97. The van der Waals surface area contributed by atoms with E-state index in [-0.39, 0.29) is 42.6 Å². The molecule has 270 valence electrons. The van der Waals surface area contributed by atoms with E-state index in [1.165, 1.54) is 19.3 Å². The zero-order valence-corrected chi connectivity index (χ0v) is 30.5. The van der Waals surface area contributed by atoms with Crippen LogP contribution < -0.4 is 21.1 Å². The fourth-order valence-corrected chi connectivity index (χ4v) is 6.26. The fourth-order valence-electron chi connectivity index (χ4n) is 5.86. The fraction of sp³-hybridized carbons (Fsp3) is 0.579. The third-order valence-corrected chi connectivity index (χ3v) is 9.64. The minimum absolute atomic E-state index is 0.0638. The molecule has 0 saturated heterocycles. The largest absolute Gasteiger partial charge is 0.514 e. The molecule has 0 radical (unpaired) electrons. The van der Waals surface area contributed by atoms with E-state index in [0.29, 0.717) is 38.3 Å². The van der Waals surface area contributed by atoms with Crippen LogP contribution in [-0.2, 0) is 36.9 Å². The van der Waals surface area contributed by atoms with Gasteiger partial charge in [-0.2, -0.15) is 0 Å². The quantitative estimate of drug-likeness (QED) is 0.0695. The Bertz CT molecular complexity index is 1300. The monoisotopic (exact) mass is 743 g/mol. The number of hydrogen-bond acceptors (Lipinski definition) is 8. The van der Waals surface area contributed by atoms with Gasteiger partial charge in [-0.3, -0.25) is 14.4 Å². The SMILES string of the molecule is CCCCCCCOC(=O)C1CCC(CNC(=O)[C@H](Cc2ccc(OC(=O)OCc3ccccc3Br)cc2)NC(=O)CCCCCN)CC1. The van der Waals surface area contributed by atoms with Crippen molar-refractivity contribution in [2.45, 2.75) is 109 Å². The lowest BCUT2D eigenvalue weighted by Gasteiger charge is -2.28. The highest BCUT2D eigenvalue weighted by Crippen LogP contribution is 2.29. The van der Waals surface area contributed by atoms with Gasteiger partial charge in [0.1, 0.15) is 18.4 Å². The summed E-state index contributed by atoms with van der Waals surface area (Å²) in [6.07, 6.45) is 10.9. The second-order valence-corrected chi connectivity index (χ2v) is 13.7. The minimum Gasteiger partial charge on any atom is -0.465 e. The van der Waals surface area contributed by atoms with Gasteiger partial charge in [0.25, 0.3) is 0 Å². The number of nitrogens with two attached hydrogens (primary N) is 1. The number of esters is 1. The van der Waals surface area contributed by atoms with E-state index in [0.717, 1.165) is 67.0 Å². The zero-order chi connectivity index (χ0) is 35.3. The second kappa shape index (κ2) is 23.1. The van der Waals surface area contributed by atoms with Crippen molar-refractivity contribution in [2.75, 3.05) is 19.7 Å². The number of carbonyl (C=O) groups is 4. The highest BCUT2D eigenvalue weighted by atomic mass is 79.9. The third-order valence-electron chi connectivity index (χ3n) is 8.86. The smallest absolute Gasteiger partial charge is 0.465 e. The van der Waals surface area contributed by atoms with Gasteiger partial charge in [0.05, 0.1) is 12.5 Å². The van der Waals surface area contributed by atoms with Crippen molar-refractivity contribution in [1.82, 2.24) is 10.6 Å². The summed E-state index contributed by atoms with van der Waals surface area (Å²) >= 11 is 3.43. The van der Waals surface area contributed by atoms with E-state index in [1.54, 1.807) is 24.3 Å². The lowest BCUT2D eigenvalue weighted by molar-refractivity contribution is -0.150. The number of halogens is 1. The highest BCUT2D eigenvalue weighted by molar-refractivity contribution is 9.10. The Balaban J connectivity index is 1.48. The molecule has 1 aliphatic rings. The van der Waals surface area contributed by atoms with Gasteiger partial charge < -0.3 is 30.6 Å². The summed E-state index contributed by atoms with van der Waals surface area (Å²) < 4.78 is 16.9. The Morgan fingerprint density at radius 2 is 1.59 bits per heavy atom. The van der Waals surface area contributed by atoms with Crippen LogP contribution in [0.25, 0.3) is 0 Å². The first-order chi connectivity index (χ1) is 23.8. The summed E-state index contributed by atoms with van der Waals surface area (Å²) in [5.74, 6) is -0.0500. The Morgan fingerprint density at radius 1 is 0.878 bits per heavy atom. The lowest BCUT2D eigenvalue weighted by atomic mass is 9.82. The van der Waals surface area contributed by atoms with Gasteiger partial charge in [-0.25, -0.2) is 4.79 Å². The number of rotatable bonds is 21. The normalized spacial score (nSPS) is 16.3. The van der Waals surface area contributed by atoms with Gasteiger partial charge in [-0.1, -0.05) is 85.3 Å². The molecule has 10 nitrogen and oxygen atoms in total. The van der Waals surface area contributed by atoms with E-state index >= 15 is 0 Å².